The van der Waals surface area contributed by atoms with Gasteiger partial charge in [-0.05, 0) is 25.5 Å². The fraction of sp³-hybridized carbons (Fsp3) is 0.400. The molecule has 1 aromatic carbocycles. The summed E-state index contributed by atoms with van der Waals surface area (Å²) in [5.41, 5.74) is 0.194. The van der Waals surface area contributed by atoms with E-state index in [9.17, 15) is 4.39 Å². The standard InChI is InChI=1S/C15H16FN3O2/c1-3-6-13(20-4-2)14-18-15(21-19-14)10-7-5-8-12(16)11(10)9-17/h5,7-8,13H,3-4,6H2,1-2H3. The zero-order valence-corrected chi connectivity index (χ0v) is 12.0. The summed E-state index contributed by atoms with van der Waals surface area (Å²) in [6.45, 7) is 4.47. The molecule has 1 atom stereocenters. The van der Waals surface area contributed by atoms with E-state index in [1.165, 1.54) is 12.1 Å². The molecule has 0 bridgehead atoms. The minimum atomic E-state index is -0.607. The number of hydrogen-bond donors (Lipinski definition) is 0. The number of ether oxygens (including phenoxy) is 1. The molecule has 2 aromatic rings. The summed E-state index contributed by atoms with van der Waals surface area (Å²) in [7, 11) is 0. The minimum absolute atomic E-state index is 0.101. The van der Waals surface area contributed by atoms with Crippen molar-refractivity contribution in [1.29, 1.82) is 5.26 Å². The zero-order valence-electron chi connectivity index (χ0n) is 12.0. The number of hydrogen-bond acceptors (Lipinski definition) is 5. The van der Waals surface area contributed by atoms with Gasteiger partial charge in [-0.15, -0.1) is 0 Å². The smallest absolute Gasteiger partial charge is 0.259 e. The maximum absolute atomic E-state index is 13.6. The van der Waals surface area contributed by atoms with Crippen molar-refractivity contribution < 1.29 is 13.7 Å². The minimum Gasteiger partial charge on any atom is -0.370 e. The Balaban J connectivity index is 2.36. The highest BCUT2D eigenvalue weighted by molar-refractivity contribution is 5.63. The van der Waals surface area contributed by atoms with Crippen molar-refractivity contribution in [2.24, 2.45) is 0 Å². The van der Waals surface area contributed by atoms with Gasteiger partial charge in [0.25, 0.3) is 5.89 Å². The van der Waals surface area contributed by atoms with Crippen LogP contribution >= 0.6 is 0 Å². The van der Waals surface area contributed by atoms with Gasteiger partial charge < -0.3 is 9.26 Å². The molecule has 1 heterocycles. The molecule has 0 aliphatic heterocycles. The Morgan fingerprint density at radius 3 is 2.90 bits per heavy atom. The van der Waals surface area contributed by atoms with Crippen LogP contribution in [-0.2, 0) is 4.74 Å². The second kappa shape index (κ2) is 6.95. The van der Waals surface area contributed by atoms with Gasteiger partial charge in [0, 0.05) is 6.61 Å². The molecule has 0 aliphatic rings. The second-order valence-corrected chi connectivity index (χ2v) is 4.46. The highest BCUT2D eigenvalue weighted by Crippen LogP contribution is 2.27. The molecule has 1 unspecified atom stereocenters. The first-order valence-corrected chi connectivity index (χ1v) is 6.85. The van der Waals surface area contributed by atoms with Gasteiger partial charge in [-0.25, -0.2) is 4.39 Å². The Hall–Kier alpha value is -2.26. The van der Waals surface area contributed by atoms with Crippen molar-refractivity contribution >= 4 is 0 Å². The van der Waals surface area contributed by atoms with Gasteiger partial charge in [-0.2, -0.15) is 10.2 Å². The Labute approximate surface area is 122 Å². The Morgan fingerprint density at radius 1 is 1.43 bits per heavy atom. The molecule has 0 saturated heterocycles. The van der Waals surface area contributed by atoms with E-state index in [4.69, 9.17) is 14.5 Å². The van der Waals surface area contributed by atoms with Crippen molar-refractivity contribution in [3.05, 3.63) is 35.4 Å². The van der Waals surface area contributed by atoms with Crippen LogP contribution in [0.15, 0.2) is 22.7 Å². The van der Waals surface area contributed by atoms with E-state index in [1.807, 2.05) is 19.9 Å². The molecule has 1 aromatic heterocycles. The number of benzene rings is 1. The predicted molar refractivity (Wildman–Crippen MR) is 73.7 cm³/mol. The maximum Gasteiger partial charge on any atom is 0.259 e. The van der Waals surface area contributed by atoms with Crippen LogP contribution in [0.5, 0.6) is 0 Å². The Morgan fingerprint density at radius 2 is 2.24 bits per heavy atom. The first kappa shape index (κ1) is 15.1. The van der Waals surface area contributed by atoms with E-state index < -0.39 is 5.82 Å². The molecule has 0 aliphatic carbocycles. The molecule has 21 heavy (non-hydrogen) atoms. The third-order valence-corrected chi connectivity index (χ3v) is 3.00. The van der Waals surface area contributed by atoms with E-state index in [1.54, 1.807) is 6.07 Å². The van der Waals surface area contributed by atoms with Crippen molar-refractivity contribution in [3.8, 4) is 17.5 Å². The van der Waals surface area contributed by atoms with Crippen LogP contribution < -0.4 is 0 Å². The van der Waals surface area contributed by atoms with Crippen LogP contribution in [0.25, 0.3) is 11.5 Å². The SMILES string of the molecule is CCCC(OCC)c1noc(-c2cccc(F)c2C#N)n1. The number of nitrogens with zero attached hydrogens (tertiary/aromatic N) is 3. The molecule has 110 valence electrons. The van der Waals surface area contributed by atoms with E-state index in [2.05, 4.69) is 10.1 Å². The van der Waals surface area contributed by atoms with Gasteiger partial charge in [0.15, 0.2) is 0 Å². The van der Waals surface area contributed by atoms with E-state index in [0.29, 0.717) is 18.0 Å². The third kappa shape index (κ3) is 3.26. The highest BCUT2D eigenvalue weighted by Gasteiger charge is 2.21. The van der Waals surface area contributed by atoms with Crippen LogP contribution in [-0.4, -0.2) is 16.7 Å². The number of nitriles is 1. The number of rotatable bonds is 6. The van der Waals surface area contributed by atoms with E-state index in [-0.39, 0.29) is 17.6 Å². The van der Waals surface area contributed by atoms with Crippen molar-refractivity contribution in [3.63, 3.8) is 0 Å². The number of aromatic nitrogens is 2. The monoisotopic (exact) mass is 289 g/mol. The van der Waals surface area contributed by atoms with Gasteiger partial charge in [0.1, 0.15) is 23.6 Å². The molecule has 2 rings (SSSR count). The molecular weight excluding hydrogens is 273 g/mol. The Kier molecular flexibility index (Phi) is 5.01. The Bertz CT molecular complexity index is 643. The summed E-state index contributed by atoms with van der Waals surface area (Å²) in [6, 6.07) is 6.12. The van der Waals surface area contributed by atoms with Crippen molar-refractivity contribution in [2.45, 2.75) is 32.8 Å². The quantitative estimate of drug-likeness (QED) is 0.812. The van der Waals surface area contributed by atoms with E-state index in [0.717, 1.165) is 12.8 Å². The average Bonchev–Trinajstić information content (AvgIpc) is 2.96. The largest absolute Gasteiger partial charge is 0.370 e. The topological polar surface area (TPSA) is 71.9 Å². The maximum atomic E-state index is 13.6. The molecule has 5 nitrogen and oxygen atoms in total. The molecule has 0 fully saturated rings. The third-order valence-electron chi connectivity index (χ3n) is 3.00. The summed E-state index contributed by atoms with van der Waals surface area (Å²) in [5.74, 6) is -0.0617. The van der Waals surface area contributed by atoms with Gasteiger partial charge in [0.05, 0.1) is 5.56 Å². The van der Waals surface area contributed by atoms with E-state index >= 15 is 0 Å². The molecule has 6 heteroatoms. The lowest BCUT2D eigenvalue weighted by atomic mass is 10.1. The lowest BCUT2D eigenvalue weighted by Crippen LogP contribution is -2.06. The van der Waals surface area contributed by atoms with Crippen LogP contribution in [0.1, 0.15) is 44.2 Å². The van der Waals surface area contributed by atoms with Crippen molar-refractivity contribution in [1.82, 2.24) is 10.1 Å². The summed E-state index contributed by atoms with van der Waals surface area (Å²) in [4.78, 5) is 4.25. The molecule has 0 spiro atoms. The summed E-state index contributed by atoms with van der Waals surface area (Å²) in [5, 5.41) is 12.9. The zero-order chi connectivity index (χ0) is 15.2. The van der Waals surface area contributed by atoms with Crippen LogP contribution in [0.4, 0.5) is 4.39 Å². The molecular formula is C15H16FN3O2. The molecule has 0 radical (unpaired) electrons. The van der Waals surface area contributed by atoms with Crippen LogP contribution in [0.3, 0.4) is 0 Å². The second-order valence-electron chi connectivity index (χ2n) is 4.46. The highest BCUT2D eigenvalue weighted by atomic mass is 19.1. The molecule has 0 saturated carbocycles. The first-order chi connectivity index (χ1) is 10.2. The van der Waals surface area contributed by atoms with Gasteiger partial charge >= 0.3 is 0 Å². The first-order valence-electron chi connectivity index (χ1n) is 6.85. The predicted octanol–water partition coefficient (Wildman–Crippen LogP) is 3.63. The summed E-state index contributed by atoms with van der Waals surface area (Å²) < 4.78 is 24.3. The lowest BCUT2D eigenvalue weighted by Gasteiger charge is -2.11. The number of halogens is 1. The lowest BCUT2D eigenvalue weighted by molar-refractivity contribution is 0.0478. The van der Waals surface area contributed by atoms with Crippen LogP contribution in [0, 0.1) is 17.1 Å². The molecule has 0 N–H and O–H groups in total. The molecule has 0 amide bonds. The summed E-state index contributed by atoms with van der Waals surface area (Å²) in [6.07, 6.45) is 1.43. The van der Waals surface area contributed by atoms with Gasteiger partial charge in [-0.1, -0.05) is 24.6 Å². The fourth-order valence-electron chi connectivity index (χ4n) is 2.04. The normalized spacial score (nSPS) is 12.1. The summed E-state index contributed by atoms with van der Waals surface area (Å²) >= 11 is 0. The fourth-order valence-corrected chi connectivity index (χ4v) is 2.04. The van der Waals surface area contributed by atoms with Crippen molar-refractivity contribution in [2.75, 3.05) is 6.61 Å². The van der Waals surface area contributed by atoms with Gasteiger partial charge in [0.2, 0.25) is 5.82 Å². The average molecular weight is 289 g/mol. The van der Waals surface area contributed by atoms with Gasteiger partial charge in [-0.3, -0.25) is 0 Å². The van der Waals surface area contributed by atoms with Crippen LogP contribution in [0.2, 0.25) is 0 Å².